The summed E-state index contributed by atoms with van der Waals surface area (Å²) in [6.07, 6.45) is 7.29. The van der Waals surface area contributed by atoms with E-state index in [1.54, 1.807) is 0 Å². The van der Waals surface area contributed by atoms with Crippen LogP contribution in [-0.2, 0) is 14.9 Å². The molecule has 0 N–H and O–H groups in total. The van der Waals surface area contributed by atoms with Crippen LogP contribution in [0.15, 0.2) is 18.3 Å². The second-order valence-corrected chi connectivity index (χ2v) is 9.31. The third kappa shape index (κ3) is 4.56. The molecule has 0 saturated carbocycles. The summed E-state index contributed by atoms with van der Waals surface area (Å²) in [6.45, 7) is 9.86. The molecule has 0 aromatic carbocycles. The summed E-state index contributed by atoms with van der Waals surface area (Å²) in [5.74, 6) is 1.75. The van der Waals surface area contributed by atoms with Crippen LogP contribution in [0.2, 0.25) is 0 Å². The third-order valence-electron chi connectivity index (χ3n) is 7.32. The van der Waals surface area contributed by atoms with Crippen LogP contribution in [0.4, 0.5) is 10.6 Å². The van der Waals surface area contributed by atoms with Crippen molar-refractivity contribution in [1.82, 2.24) is 14.8 Å². The summed E-state index contributed by atoms with van der Waals surface area (Å²) in [4.78, 5) is 35.8. The normalized spacial score (nSPS) is 21.9. The molecule has 4 rings (SSSR count). The van der Waals surface area contributed by atoms with E-state index in [1.165, 1.54) is 5.56 Å². The molecular formula is C24H36N4O3. The topological polar surface area (TPSA) is 66.0 Å². The van der Waals surface area contributed by atoms with Gasteiger partial charge in [-0.3, -0.25) is 9.69 Å². The minimum atomic E-state index is -0.174. The average molecular weight is 429 g/mol. The fourth-order valence-corrected chi connectivity index (χ4v) is 5.57. The van der Waals surface area contributed by atoms with E-state index in [-0.39, 0.29) is 17.4 Å². The van der Waals surface area contributed by atoms with Gasteiger partial charge in [-0.15, -0.1) is 0 Å². The van der Waals surface area contributed by atoms with Crippen molar-refractivity contribution in [1.29, 1.82) is 0 Å². The van der Waals surface area contributed by atoms with Gasteiger partial charge in [-0.05, 0) is 64.1 Å². The molecule has 3 aliphatic heterocycles. The summed E-state index contributed by atoms with van der Waals surface area (Å²) >= 11 is 0. The molecule has 3 aliphatic rings. The Morgan fingerprint density at radius 3 is 2.61 bits per heavy atom. The lowest BCUT2D eigenvalue weighted by Gasteiger charge is -2.47. The van der Waals surface area contributed by atoms with Crippen molar-refractivity contribution >= 4 is 17.8 Å². The van der Waals surface area contributed by atoms with Gasteiger partial charge in [0, 0.05) is 49.8 Å². The van der Waals surface area contributed by atoms with Gasteiger partial charge in [-0.2, -0.15) is 0 Å². The number of aromatic nitrogens is 1. The van der Waals surface area contributed by atoms with Crippen LogP contribution >= 0.6 is 0 Å². The van der Waals surface area contributed by atoms with Crippen LogP contribution in [0.3, 0.4) is 0 Å². The fraction of sp³-hybridized carbons (Fsp3) is 0.708. The minimum absolute atomic E-state index is 0.0608. The maximum atomic E-state index is 13.0. The number of ether oxygens (including phenoxy) is 1. The van der Waals surface area contributed by atoms with Gasteiger partial charge in [0.1, 0.15) is 5.82 Å². The Hall–Kier alpha value is -2.15. The van der Waals surface area contributed by atoms with Gasteiger partial charge in [0.2, 0.25) is 5.91 Å². The van der Waals surface area contributed by atoms with E-state index in [0.717, 1.165) is 77.2 Å². The number of nitrogens with zero attached hydrogens (tertiary/aromatic N) is 4. The highest BCUT2D eigenvalue weighted by atomic mass is 16.6. The van der Waals surface area contributed by atoms with Crippen molar-refractivity contribution < 1.29 is 14.3 Å². The molecule has 0 bridgehead atoms. The first-order chi connectivity index (χ1) is 15.1. The first kappa shape index (κ1) is 22.1. The molecule has 2 amide bonds. The fourth-order valence-electron chi connectivity index (χ4n) is 5.57. The SMILES string of the molecule is CCCN1C(=O)CC2(CCN(CC3CCN(C(=O)OCC)CC3)CC2)c2cccnc21. The Balaban J connectivity index is 1.35. The van der Waals surface area contributed by atoms with Gasteiger partial charge in [0.25, 0.3) is 0 Å². The number of hydrogen-bond acceptors (Lipinski definition) is 5. The number of piperidine rings is 2. The van der Waals surface area contributed by atoms with Crippen LogP contribution < -0.4 is 4.90 Å². The van der Waals surface area contributed by atoms with E-state index in [4.69, 9.17) is 4.74 Å². The zero-order chi connectivity index (χ0) is 21.8. The highest BCUT2D eigenvalue weighted by Crippen LogP contribution is 2.46. The van der Waals surface area contributed by atoms with Gasteiger partial charge in [-0.1, -0.05) is 13.0 Å². The number of carbonyl (C=O) groups is 2. The molecule has 0 atom stereocenters. The van der Waals surface area contributed by atoms with Crippen LogP contribution in [0.1, 0.15) is 57.9 Å². The predicted molar refractivity (Wildman–Crippen MR) is 120 cm³/mol. The Labute approximate surface area is 185 Å². The molecule has 0 unspecified atom stereocenters. The highest BCUT2D eigenvalue weighted by molar-refractivity contribution is 5.96. The Morgan fingerprint density at radius 2 is 1.94 bits per heavy atom. The standard InChI is InChI=1S/C24H36N4O3/c1-3-12-28-21(29)17-24(20-6-5-11-25-22(20)28)9-15-26(16-10-24)18-19-7-13-27(14-8-19)23(30)31-4-2/h5-6,11,19H,3-4,7-10,12-18H2,1-2H3. The summed E-state index contributed by atoms with van der Waals surface area (Å²) in [7, 11) is 0. The Bertz CT molecular complexity index is 783. The van der Waals surface area contributed by atoms with E-state index in [2.05, 4.69) is 22.9 Å². The van der Waals surface area contributed by atoms with E-state index < -0.39 is 0 Å². The van der Waals surface area contributed by atoms with Crippen molar-refractivity contribution in [3.8, 4) is 0 Å². The zero-order valence-electron chi connectivity index (χ0n) is 19.0. The Kier molecular flexibility index (Phi) is 6.80. The number of rotatable bonds is 5. The molecule has 7 heteroatoms. The van der Waals surface area contributed by atoms with Crippen molar-refractivity contribution in [2.24, 2.45) is 5.92 Å². The molecule has 2 fully saturated rings. The van der Waals surface area contributed by atoms with Gasteiger partial charge >= 0.3 is 6.09 Å². The lowest BCUT2D eigenvalue weighted by Crippen LogP contribution is -2.51. The number of hydrogen-bond donors (Lipinski definition) is 0. The number of carbonyl (C=O) groups excluding carboxylic acids is 2. The third-order valence-corrected chi connectivity index (χ3v) is 7.32. The summed E-state index contributed by atoms with van der Waals surface area (Å²) in [5.41, 5.74) is 1.21. The monoisotopic (exact) mass is 428 g/mol. The molecule has 1 spiro atoms. The maximum Gasteiger partial charge on any atom is 0.409 e. The lowest BCUT2D eigenvalue weighted by atomic mass is 9.68. The number of pyridine rings is 1. The lowest BCUT2D eigenvalue weighted by molar-refractivity contribution is -0.121. The minimum Gasteiger partial charge on any atom is -0.450 e. The quantitative estimate of drug-likeness (QED) is 0.719. The van der Waals surface area contributed by atoms with E-state index in [0.29, 0.717) is 18.9 Å². The number of likely N-dealkylation sites (tertiary alicyclic amines) is 2. The molecule has 0 aliphatic carbocycles. The molecule has 7 nitrogen and oxygen atoms in total. The summed E-state index contributed by atoms with van der Waals surface area (Å²) < 4.78 is 5.13. The molecule has 31 heavy (non-hydrogen) atoms. The predicted octanol–water partition coefficient (Wildman–Crippen LogP) is 3.43. The van der Waals surface area contributed by atoms with Crippen molar-refractivity contribution in [3.05, 3.63) is 23.9 Å². The van der Waals surface area contributed by atoms with Crippen LogP contribution in [0.5, 0.6) is 0 Å². The highest BCUT2D eigenvalue weighted by Gasteiger charge is 2.45. The van der Waals surface area contributed by atoms with E-state index in [1.807, 2.05) is 29.0 Å². The van der Waals surface area contributed by atoms with Crippen molar-refractivity contribution in [2.45, 2.75) is 57.8 Å². The van der Waals surface area contributed by atoms with E-state index >= 15 is 0 Å². The zero-order valence-corrected chi connectivity index (χ0v) is 19.0. The molecule has 1 aromatic rings. The largest absolute Gasteiger partial charge is 0.450 e. The molecule has 170 valence electrons. The maximum absolute atomic E-state index is 13.0. The van der Waals surface area contributed by atoms with Crippen LogP contribution in [0.25, 0.3) is 0 Å². The summed E-state index contributed by atoms with van der Waals surface area (Å²) in [5, 5.41) is 0. The first-order valence-corrected chi connectivity index (χ1v) is 12.0. The summed E-state index contributed by atoms with van der Waals surface area (Å²) in [6, 6.07) is 4.21. The number of amides is 2. The van der Waals surface area contributed by atoms with Crippen LogP contribution in [-0.4, -0.2) is 72.7 Å². The first-order valence-electron chi connectivity index (χ1n) is 12.0. The number of anilines is 1. The van der Waals surface area contributed by atoms with Crippen molar-refractivity contribution in [3.63, 3.8) is 0 Å². The molecule has 1 aromatic heterocycles. The second-order valence-electron chi connectivity index (χ2n) is 9.31. The average Bonchev–Trinajstić information content (AvgIpc) is 2.79. The van der Waals surface area contributed by atoms with Gasteiger partial charge in [-0.25, -0.2) is 9.78 Å². The van der Waals surface area contributed by atoms with Gasteiger partial charge < -0.3 is 14.5 Å². The van der Waals surface area contributed by atoms with Crippen LogP contribution in [0, 0.1) is 5.92 Å². The molecule has 4 heterocycles. The van der Waals surface area contributed by atoms with Gasteiger partial charge in [0.05, 0.1) is 6.61 Å². The molecule has 0 radical (unpaired) electrons. The smallest absolute Gasteiger partial charge is 0.409 e. The van der Waals surface area contributed by atoms with E-state index in [9.17, 15) is 9.59 Å². The second kappa shape index (κ2) is 9.55. The molecule has 2 saturated heterocycles. The van der Waals surface area contributed by atoms with Gasteiger partial charge in [0.15, 0.2) is 0 Å². The molecular weight excluding hydrogens is 392 g/mol. The Morgan fingerprint density at radius 1 is 1.19 bits per heavy atom. The number of fused-ring (bicyclic) bond motifs is 2. The van der Waals surface area contributed by atoms with Crippen molar-refractivity contribution in [2.75, 3.05) is 50.8 Å².